The Morgan fingerprint density at radius 2 is 1.81 bits per heavy atom. The van der Waals surface area contributed by atoms with E-state index in [1.54, 1.807) is 0 Å². The molecule has 4 rings (SSSR count). The molecule has 4 aliphatic rings. The first kappa shape index (κ1) is 19.1. The molecule has 0 spiro atoms. The monoisotopic (exact) mass is 370 g/mol. The minimum absolute atomic E-state index is 0.0180. The van der Waals surface area contributed by atoms with Crippen LogP contribution in [0, 0.1) is 40.4 Å². The zero-order chi connectivity index (χ0) is 19.6. The van der Waals surface area contributed by atoms with E-state index in [4.69, 9.17) is 0 Å². The van der Waals surface area contributed by atoms with Gasteiger partial charge in [0.05, 0.1) is 0 Å². The molecule has 0 saturated heterocycles. The van der Waals surface area contributed by atoms with Crippen molar-refractivity contribution in [3.8, 4) is 0 Å². The lowest BCUT2D eigenvalue weighted by Crippen LogP contribution is -2.59. The zero-order valence-electron chi connectivity index (χ0n) is 17.3. The van der Waals surface area contributed by atoms with Crippen molar-refractivity contribution < 1.29 is 14.4 Å². The van der Waals surface area contributed by atoms with Gasteiger partial charge in [0, 0.05) is 37.0 Å². The maximum Gasteiger partial charge on any atom is 0.139 e. The first-order valence-electron chi connectivity index (χ1n) is 11.0. The molecule has 3 heteroatoms. The standard InChI is InChI=1S/C24H34O3/c1-5-6-14(2)17-7-8-18-22-19(13-21(27)24(17,18)4)23(3)10-9-16(25)11-15(23)12-20(22)26/h6,15,17-19,22H,5,7-13H2,1-4H3/b14-6-/t15-,17+,18-,19-,22-,23-,24+/m0/s1. The Hall–Kier alpha value is -1.25. The second-order valence-corrected chi connectivity index (χ2v) is 10.3. The quantitative estimate of drug-likeness (QED) is 0.648. The third-order valence-corrected chi connectivity index (χ3v) is 9.22. The highest BCUT2D eigenvalue weighted by Gasteiger charge is 2.65. The number of fused-ring (bicyclic) bond motifs is 5. The lowest BCUT2D eigenvalue weighted by Gasteiger charge is -2.58. The van der Waals surface area contributed by atoms with E-state index in [1.165, 1.54) is 5.57 Å². The topological polar surface area (TPSA) is 51.2 Å². The van der Waals surface area contributed by atoms with Crippen LogP contribution in [0.15, 0.2) is 11.6 Å². The molecule has 4 fully saturated rings. The predicted octanol–water partition coefficient (Wildman–Crippen LogP) is 4.93. The van der Waals surface area contributed by atoms with E-state index in [9.17, 15) is 14.4 Å². The largest absolute Gasteiger partial charge is 0.300 e. The van der Waals surface area contributed by atoms with Crippen molar-refractivity contribution in [1.82, 2.24) is 0 Å². The highest BCUT2D eigenvalue weighted by atomic mass is 16.1. The highest BCUT2D eigenvalue weighted by molar-refractivity contribution is 5.93. The van der Waals surface area contributed by atoms with Gasteiger partial charge in [0.1, 0.15) is 17.3 Å². The number of hydrogen-bond acceptors (Lipinski definition) is 3. The van der Waals surface area contributed by atoms with Crippen molar-refractivity contribution in [3.05, 3.63) is 11.6 Å². The molecular formula is C24H34O3. The zero-order valence-corrected chi connectivity index (χ0v) is 17.3. The van der Waals surface area contributed by atoms with Crippen LogP contribution in [0.5, 0.6) is 0 Å². The molecule has 0 aliphatic heterocycles. The first-order chi connectivity index (χ1) is 12.7. The Kier molecular flexibility index (Phi) is 4.51. The third kappa shape index (κ3) is 2.56. The number of carbonyl (C=O) groups excluding carboxylic acids is 3. The fourth-order valence-electron chi connectivity index (χ4n) is 7.64. The first-order valence-corrected chi connectivity index (χ1v) is 11.0. The average molecular weight is 371 g/mol. The molecule has 0 amide bonds. The number of ketones is 3. The Morgan fingerprint density at radius 3 is 2.52 bits per heavy atom. The summed E-state index contributed by atoms with van der Waals surface area (Å²) in [6.45, 7) is 8.76. The summed E-state index contributed by atoms with van der Waals surface area (Å²) >= 11 is 0. The summed E-state index contributed by atoms with van der Waals surface area (Å²) in [4.78, 5) is 38.9. The number of rotatable bonds is 2. The fourth-order valence-corrected chi connectivity index (χ4v) is 7.64. The molecule has 7 atom stereocenters. The molecule has 4 saturated carbocycles. The average Bonchev–Trinajstić information content (AvgIpc) is 2.96. The summed E-state index contributed by atoms with van der Waals surface area (Å²) in [5, 5.41) is 0. The Balaban J connectivity index is 1.72. The molecule has 0 aromatic carbocycles. The highest BCUT2D eigenvalue weighted by Crippen LogP contribution is 2.66. The molecule has 0 bridgehead atoms. The van der Waals surface area contributed by atoms with Crippen LogP contribution in [0.4, 0.5) is 0 Å². The minimum Gasteiger partial charge on any atom is -0.300 e. The van der Waals surface area contributed by atoms with E-state index < -0.39 is 0 Å². The number of allylic oxidation sites excluding steroid dienone is 2. The van der Waals surface area contributed by atoms with Gasteiger partial charge >= 0.3 is 0 Å². The summed E-state index contributed by atoms with van der Waals surface area (Å²) in [5.74, 6) is 1.85. The van der Waals surface area contributed by atoms with Crippen molar-refractivity contribution in [2.75, 3.05) is 0 Å². The van der Waals surface area contributed by atoms with Gasteiger partial charge in [0.25, 0.3) is 0 Å². The maximum atomic E-state index is 13.6. The molecule has 0 unspecified atom stereocenters. The van der Waals surface area contributed by atoms with Gasteiger partial charge < -0.3 is 0 Å². The Bertz CT molecular complexity index is 719. The van der Waals surface area contributed by atoms with E-state index in [-0.39, 0.29) is 34.5 Å². The molecule has 0 N–H and O–H groups in total. The van der Waals surface area contributed by atoms with Gasteiger partial charge in [-0.3, -0.25) is 14.4 Å². The van der Waals surface area contributed by atoms with Gasteiger partial charge in [0.15, 0.2) is 0 Å². The molecule has 0 radical (unpaired) electrons. The lowest BCUT2D eigenvalue weighted by molar-refractivity contribution is -0.165. The normalized spacial score (nSPS) is 47.5. The number of carbonyl (C=O) groups is 3. The van der Waals surface area contributed by atoms with Crippen LogP contribution in [-0.2, 0) is 14.4 Å². The van der Waals surface area contributed by atoms with Crippen LogP contribution in [0.2, 0.25) is 0 Å². The maximum absolute atomic E-state index is 13.6. The van der Waals surface area contributed by atoms with E-state index in [0.29, 0.717) is 49.0 Å². The van der Waals surface area contributed by atoms with E-state index in [2.05, 4.69) is 33.8 Å². The summed E-state index contributed by atoms with van der Waals surface area (Å²) in [5.41, 5.74) is 0.945. The van der Waals surface area contributed by atoms with E-state index in [0.717, 1.165) is 25.7 Å². The second kappa shape index (κ2) is 6.39. The SMILES string of the molecule is CC/C=C(/C)[C@H]1CC[C@H]2[C@@H]3C(=O)C[C@@H]4CC(=O)CC[C@]4(C)[C@H]3CC(=O)[C@]12C. The van der Waals surface area contributed by atoms with Crippen molar-refractivity contribution in [3.63, 3.8) is 0 Å². The van der Waals surface area contributed by atoms with Crippen molar-refractivity contribution in [2.45, 2.75) is 79.1 Å². The van der Waals surface area contributed by atoms with E-state index >= 15 is 0 Å². The predicted molar refractivity (Wildman–Crippen MR) is 105 cm³/mol. The van der Waals surface area contributed by atoms with Gasteiger partial charge in [-0.1, -0.05) is 32.4 Å². The molecule has 0 aromatic rings. The summed E-state index contributed by atoms with van der Waals surface area (Å²) in [7, 11) is 0. The smallest absolute Gasteiger partial charge is 0.139 e. The molecule has 27 heavy (non-hydrogen) atoms. The van der Waals surface area contributed by atoms with Crippen molar-refractivity contribution >= 4 is 17.3 Å². The summed E-state index contributed by atoms with van der Waals surface area (Å²) in [6.07, 6.45) is 8.42. The van der Waals surface area contributed by atoms with Gasteiger partial charge in [-0.15, -0.1) is 0 Å². The van der Waals surface area contributed by atoms with Crippen molar-refractivity contribution in [1.29, 1.82) is 0 Å². The lowest BCUT2D eigenvalue weighted by atomic mass is 9.44. The molecule has 4 aliphatic carbocycles. The van der Waals surface area contributed by atoms with E-state index in [1.807, 2.05) is 0 Å². The molecule has 148 valence electrons. The van der Waals surface area contributed by atoms with Crippen LogP contribution in [-0.4, -0.2) is 17.3 Å². The van der Waals surface area contributed by atoms with Crippen LogP contribution >= 0.6 is 0 Å². The number of hydrogen-bond donors (Lipinski definition) is 0. The van der Waals surface area contributed by atoms with Gasteiger partial charge in [0.2, 0.25) is 0 Å². The fraction of sp³-hybridized carbons (Fsp3) is 0.792. The molecule has 0 heterocycles. The Morgan fingerprint density at radius 1 is 1.07 bits per heavy atom. The van der Waals surface area contributed by atoms with Crippen LogP contribution in [0.1, 0.15) is 79.1 Å². The van der Waals surface area contributed by atoms with Crippen LogP contribution in [0.3, 0.4) is 0 Å². The second-order valence-electron chi connectivity index (χ2n) is 10.3. The third-order valence-electron chi connectivity index (χ3n) is 9.22. The Labute approximate surface area is 163 Å². The van der Waals surface area contributed by atoms with Gasteiger partial charge in [-0.2, -0.15) is 0 Å². The van der Waals surface area contributed by atoms with Gasteiger partial charge in [-0.05, 0) is 61.7 Å². The van der Waals surface area contributed by atoms with Crippen LogP contribution < -0.4 is 0 Å². The van der Waals surface area contributed by atoms with Crippen LogP contribution in [0.25, 0.3) is 0 Å². The van der Waals surface area contributed by atoms with Crippen molar-refractivity contribution in [2.24, 2.45) is 40.4 Å². The molecule has 0 aromatic heterocycles. The van der Waals surface area contributed by atoms with Gasteiger partial charge in [-0.25, -0.2) is 0 Å². The molecular weight excluding hydrogens is 336 g/mol. The summed E-state index contributed by atoms with van der Waals surface area (Å²) < 4.78 is 0. The molecule has 3 nitrogen and oxygen atoms in total. The number of Topliss-reactive ketones (excluding diaryl/α,β-unsaturated/α-hetero) is 3. The summed E-state index contributed by atoms with van der Waals surface area (Å²) in [6, 6.07) is 0. The minimum atomic E-state index is -0.375.